The Morgan fingerprint density at radius 3 is 2.40 bits per heavy atom. The zero-order valence-electron chi connectivity index (χ0n) is 11.6. The average Bonchev–Trinajstić information content (AvgIpc) is 2.95. The number of aliphatic hydroxyl groups is 1. The van der Waals surface area contributed by atoms with E-state index < -0.39 is 6.10 Å². The standard InChI is InChI=1S/C15H17BrO3S/c1-4-9-5-6-14(20-9)15(17)10-7-12(18-2)13(19-3)8-11(10)16/h5-8,15,17H,4H2,1-3H3. The zero-order chi connectivity index (χ0) is 14.7. The van der Waals surface area contributed by atoms with Crippen LogP contribution in [-0.2, 0) is 6.42 Å². The van der Waals surface area contributed by atoms with Crippen LogP contribution in [0.4, 0.5) is 0 Å². The van der Waals surface area contributed by atoms with Crippen molar-refractivity contribution in [2.24, 2.45) is 0 Å². The molecule has 1 atom stereocenters. The second-order valence-electron chi connectivity index (χ2n) is 4.29. The molecule has 1 unspecified atom stereocenters. The zero-order valence-corrected chi connectivity index (χ0v) is 14.0. The predicted octanol–water partition coefficient (Wildman–Crippen LogP) is 4.17. The molecule has 0 spiro atoms. The molecule has 5 heteroatoms. The first-order valence-corrected chi connectivity index (χ1v) is 7.89. The number of hydrogen-bond donors (Lipinski definition) is 1. The molecule has 2 aromatic rings. The van der Waals surface area contributed by atoms with E-state index in [0.717, 1.165) is 21.3 Å². The number of thiophene rings is 1. The highest BCUT2D eigenvalue weighted by Crippen LogP contribution is 2.39. The summed E-state index contributed by atoms with van der Waals surface area (Å²) in [5.41, 5.74) is 0.771. The Bertz CT molecular complexity index is 595. The molecule has 1 aromatic carbocycles. The normalized spacial score (nSPS) is 12.2. The Morgan fingerprint density at radius 1 is 1.20 bits per heavy atom. The lowest BCUT2D eigenvalue weighted by Crippen LogP contribution is -2.00. The van der Waals surface area contributed by atoms with Gasteiger partial charge >= 0.3 is 0 Å². The molecular formula is C15H17BrO3S. The Labute approximate surface area is 131 Å². The molecule has 0 aliphatic carbocycles. The molecule has 2 rings (SSSR count). The summed E-state index contributed by atoms with van der Waals surface area (Å²) in [5.74, 6) is 1.24. The largest absolute Gasteiger partial charge is 0.493 e. The predicted molar refractivity (Wildman–Crippen MR) is 85.0 cm³/mol. The Kier molecular flexibility index (Phi) is 5.07. The molecule has 0 aliphatic rings. The van der Waals surface area contributed by atoms with Crippen molar-refractivity contribution in [2.45, 2.75) is 19.4 Å². The highest BCUT2D eigenvalue weighted by molar-refractivity contribution is 9.10. The van der Waals surface area contributed by atoms with Crippen molar-refractivity contribution in [3.05, 3.63) is 44.1 Å². The van der Waals surface area contributed by atoms with Crippen molar-refractivity contribution in [3.63, 3.8) is 0 Å². The van der Waals surface area contributed by atoms with E-state index in [2.05, 4.69) is 28.9 Å². The van der Waals surface area contributed by atoms with Gasteiger partial charge in [-0.25, -0.2) is 0 Å². The van der Waals surface area contributed by atoms with Gasteiger partial charge in [0, 0.05) is 19.8 Å². The maximum atomic E-state index is 10.5. The first-order chi connectivity index (χ1) is 9.60. The van der Waals surface area contributed by atoms with E-state index >= 15 is 0 Å². The van der Waals surface area contributed by atoms with Crippen LogP contribution in [0.15, 0.2) is 28.7 Å². The number of aliphatic hydroxyl groups excluding tert-OH is 1. The van der Waals surface area contributed by atoms with Gasteiger partial charge in [0.15, 0.2) is 11.5 Å². The van der Waals surface area contributed by atoms with E-state index in [0.29, 0.717) is 11.5 Å². The Hall–Kier alpha value is -1.04. The molecule has 108 valence electrons. The lowest BCUT2D eigenvalue weighted by Gasteiger charge is -2.15. The van der Waals surface area contributed by atoms with Gasteiger partial charge in [-0.3, -0.25) is 0 Å². The molecule has 0 bridgehead atoms. The van der Waals surface area contributed by atoms with Crippen molar-refractivity contribution < 1.29 is 14.6 Å². The minimum absolute atomic E-state index is 0.608. The average molecular weight is 357 g/mol. The van der Waals surface area contributed by atoms with E-state index in [9.17, 15) is 5.11 Å². The van der Waals surface area contributed by atoms with Crippen LogP contribution in [0, 0.1) is 0 Å². The van der Waals surface area contributed by atoms with Gasteiger partial charge < -0.3 is 14.6 Å². The second-order valence-corrected chi connectivity index (χ2v) is 6.34. The van der Waals surface area contributed by atoms with Gasteiger partial charge in [0.25, 0.3) is 0 Å². The molecule has 0 fully saturated rings. The first kappa shape index (κ1) is 15.4. The molecule has 20 heavy (non-hydrogen) atoms. The van der Waals surface area contributed by atoms with Crippen molar-refractivity contribution in [1.82, 2.24) is 0 Å². The summed E-state index contributed by atoms with van der Waals surface area (Å²) in [6.07, 6.45) is 0.305. The minimum atomic E-state index is -0.672. The Morgan fingerprint density at radius 2 is 1.85 bits per heavy atom. The number of methoxy groups -OCH3 is 2. The lowest BCUT2D eigenvalue weighted by molar-refractivity contribution is 0.222. The van der Waals surface area contributed by atoms with Crippen molar-refractivity contribution >= 4 is 27.3 Å². The molecule has 0 aliphatic heterocycles. The van der Waals surface area contributed by atoms with Crippen LogP contribution in [0.1, 0.15) is 28.3 Å². The molecule has 1 heterocycles. The van der Waals surface area contributed by atoms with Gasteiger partial charge in [-0.05, 0) is 30.7 Å². The number of rotatable bonds is 5. The van der Waals surface area contributed by atoms with E-state index in [1.54, 1.807) is 31.6 Å². The summed E-state index contributed by atoms with van der Waals surface area (Å²) in [4.78, 5) is 2.19. The van der Waals surface area contributed by atoms with E-state index in [4.69, 9.17) is 9.47 Å². The fraction of sp³-hybridized carbons (Fsp3) is 0.333. The van der Waals surface area contributed by atoms with Crippen molar-refractivity contribution in [1.29, 1.82) is 0 Å². The highest BCUT2D eigenvalue weighted by Gasteiger charge is 2.19. The summed E-state index contributed by atoms with van der Waals surface area (Å²) >= 11 is 5.11. The topological polar surface area (TPSA) is 38.7 Å². The summed E-state index contributed by atoms with van der Waals surface area (Å²) in [7, 11) is 3.18. The summed E-state index contributed by atoms with van der Waals surface area (Å²) < 4.78 is 11.3. The van der Waals surface area contributed by atoms with Gasteiger partial charge in [-0.1, -0.05) is 22.9 Å². The van der Waals surface area contributed by atoms with Crippen LogP contribution in [0.5, 0.6) is 11.5 Å². The molecule has 1 aromatic heterocycles. The number of halogens is 1. The number of ether oxygens (including phenoxy) is 2. The molecule has 0 amide bonds. The van der Waals surface area contributed by atoms with Crippen LogP contribution < -0.4 is 9.47 Å². The lowest BCUT2D eigenvalue weighted by atomic mass is 10.1. The van der Waals surface area contributed by atoms with Gasteiger partial charge in [-0.15, -0.1) is 11.3 Å². The smallest absolute Gasteiger partial charge is 0.161 e. The monoisotopic (exact) mass is 356 g/mol. The number of hydrogen-bond acceptors (Lipinski definition) is 4. The molecular weight excluding hydrogens is 340 g/mol. The fourth-order valence-corrected chi connectivity index (χ4v) is 3.46. The summed E-state index contributed by atoms with van der Waals surface area (Å²) in [5, 5.41) is 10.5. The molecule has 0 saturated heterocycles. The van der Waals surface area contributed by atoms with E-state index in [1.165, 1.54) is 4.88 Å². The van der Waals surface area contributed by atoms with Gasteiger partial charge in [-0.2, -0.15) is 0 Å². The van der Waals surface area contributed by atoms with Crippen LogP contribution >= 0.6 is 27.3 Å². The number of benzene rings is 1. The van der Waals surface area contributed by atoms with Gasteiger partial charge in [0.1, 0.15) is 6.10 Å². The van der Waals surface area contributed by atoms with Crippen LogP contribution in [0.25, 0.3) is 0 Å². The summed E-state index contributed by atoms with van der Waals surface area (Å²) in [6.45, 7) is 2.11. The molecule has 3 nitrogen and oxygen atoms in total. The Balaban J connectivity index is 2.40. The molecule has 1 N–H and O–H groups in total. The maximum absolute atomic E-state index is 10.5. The van der Waals surface area contributed by atoms with Crippen LogP contribution in [0.2, 0.25) is 0 Å². The van der Waals surface area contributed by atoms with Gasteiger partial charge in [0.05, 0.1) is 14.2 Å². The first-order valence-electron chi connectivity index (χ1n) is 6.28. The molecule has 0 radical (unpaired) electrons. The van der Waals surface area contributed by atoms with Crippen molar-refractivity contribution in [2.75, 3.05) is 14.2 Å². The SMILES string of the molecule is CCc1ccc(C(O)c2cc(OC)c(OC)cc2Br)s1. The van der Waals surface area contributed by atoms with E-state index in [1.807, 2.05) is 12.1 Å². The van der Waals surface area contributed by atoms with E-state index in [-0.39, 0.29) is 0 Å². The fourth-order valence-electron chi connectivity index (χ4n) is 1.96. The van der Waals surface area contributed by atoms with Gasteiger partial charge in [0.2, 0.25) is 0 Å². The van der Waals surface area contributed by atoms with Crippen molar-refractivity contribution in [3.8, 4) is 11.5 Å². The third-order valence-corrected chi connectivity index (χ3v) is 5.07. The quantitative estimate of drug-likeness (QED) is 0.873. The second kappa shape index (κ2) is 6.61. The molecule has 0 saturated carbocycles. The third kappa shape index (κ3) is 3.00. The maximum Gasteiger partial charge on any atom is 0.161 e. The van der Waals surface area contributed by atoms with Crippen LogP contribution in [-0.4, -0.2) is 19.3 Å². The van der Waals surface area contributed by atoms with Crippen LogP contribution in [0.3, 0.4) is 0 Å². The minimum Gasteiger partial charge on any atom is -0.493 e. The third-order valence-electron chi connectivity index (χ3n) is 3.10. The highest BCUT2D eigenvalue weighted by atomic mass is 79.9. The summed E-state index contributed by atoms with van der Waals surface area (Å²) in [6, 6.07) is 7.64. The number of aryl methyl sites for hydroxylation is 1.